The van der Waals surface area contributed by atoms with Gasteiger partial charge >= 0.3 is 0 Å². The van der Waals surface area contributed by atoms with Gasteiger partial charge in [-0.05, 0) is 56.6 Å². The minimum absolute atomic E-state index is 0.0625. The molecule has 2 aromatic carbocycles. The molecule has 34 heavy (non-hydrogen) atoms. The number of likely N-dealkylation sites (N-methyl/N-ethyl adjacent to an activating group) is 1. The van der Waals surface area contributed by atoms with Crippen LogP contribution in [0.15, 0.2) is 65.9 Å². The van der Waals surface area contributed by atoms with Gasteiger partial charge in [-0.3, -0.25) is 14.5 Å². The van der Waals surface area contributed by atoms with Gasteiger partial charge in [-0.1, -0.05) is 44.2 Å². The van der Waals surface area contributed by atoms with Crippen molar-refractivity contribution in [2.75, 3.05) is 27.2 Å². The molecule has 1 aliphatic rings. The van der Waals surface area contributed by atoms with Crippen LogP contribution in [0.1, 0.15) is 43.6 Å². The average molecular weight is 464 g/mol. The summed E-state index contributed by atoms with van der Waals surface area (Å²) < 4.78 is 5.23. The number of rotatable bonds is 8. The Balaban J connectivity index is 1.98. The fourth-order valence-corrected chi connectivity index (χ4v) is 4.65. The summed E-state index contributed by atoms with van der Waals surface area (Å²) >= 11 is 0. The third-order valence-corrected chi connectivity index (χ3v) is 6.78. The number of carbonyl (C=O) groups is 2. The molecule has 3 rings (SSSR count). The van der Waals surface area contributed by atoms with Crippen molar-refractivity contribution in [3.63, 3.8) is 0 Å². The number of amides is 1. The number of ether oxygens (including phenoxy) is 1. The highest BCUT2D eigenvalue weighted by Crippen LogP contribution is 2.32. The average Bonchev–Trinajstić information content (AvgIpc) is 3.04. The van der Waals surface area contributed by atoms with Gasteiger partial charge in [-0.25, -0.2) is 0 Å². The Labute approximate surface area is 203 Å². The molecule has 0 saturated carbocycles. The van der Waals surface area contributed by atoms with Gasteiger partial charge in [-0.2, -0.15) is 0 Å². The van der Waals surface area contributed by atoms with E-state index in [0.717, 1.165) is 18.5 Å². The molecule has 1 heterocycles. The minimum Gasteiger partial charge on any atom is -0.497 e. The molecule has 0 radical (unpaired) electrons. The van der Waals surface area contributed by atoms with E-state index in [4.69, 9.17) is 4.74 Å². The lowest BCUT2D eigenvalue weighted by molar-refractivity contribution is -0.105. The van der Waals surface area contributed by atoms with E-state index in [1.165, 1.54) is 5.56 Å². The second-order valence-electron chi connectivity index (χ2n) is 9.69. The Bertz CT molecular complexity index is 1010. The number of carbonyl (C=O) groups excluding carboxylic acids is 2. The molecule has 1 N–H and O–H groups in total. The van der Waals surface area contributed by atoms with Crippen LogP contribution in [-0.4, -0.2) is 60.8 Å². The summed E-state index contributed by atoms with van der Waals surface area (Å²) in [6, 6.07) is 17.1. The summed E-state index contributed by atoms with van der Waals surface area (Å²) in [6.45, 7) is 10.2. The standard InChI is InChI=1S/C28H37N3O3/c1-20(2)25-24(19-32)26(28(3,4)30(5)18-21-10-8-7-9-11-21)29-16-17-31(25)27(33)22-12-14-23(34-6)15-13-22/h7-15,19-20,25,29H,16-18H2,1-6H3. The molecule has 0 saturated heterocycles. The van der Waals surface area contributed by atoms with Crippen LogP contribution in [0.25, 0.3) is 0 Å². The van der Waals surface area contributed by atoms with E-state index in [-0.39, 0.29) is 17.9 Å². The summed E-state index contributed by atoms with van der Waals surface area (Å²) in [5.74, 6) is 0.681. The number of hydrogen-bond donors (Lipinski definition) is 1. The largest absolute Gasteiger partial charge is 0.497 e. The fourth-order valence-electron chi connectivity index (χ4n) is 4.65. The normalized spacial score (nSPS) is 16.9. The van der Waals surface area contributed by atoms with E-state index in [9.17, 15) is 9.59 Å². The van der Waals surface area contributed by atoms with Gasteiger partial charge < -0.3 is 15.0 Å². The first-order chi connectivity index (χ1) is 16.2. The molecule has 0 fully saturated rings. The smallest absolute Gasteiger partial charge is 0.254 e. The number of aldehydes is 1. The Hall–Kier alpha value is -3.12. The van der Waals surface area contributed by atoms with Crippen LogP contribution in [0.2, 0.25) is 0 Å². The second-order valence-corrected chi connectivity index (χ2v) is 9.69. The van der Waals surface area contributed by atoms with Crippen molar-refractivity contribution in [1.29, 1.82) is 0 Å². The third kappa shape index (κ3) is 5.33. The lowest BCUT2D eigenvalue weighted by Gasteiger charge is -2.40. The number of methoxy groups -OCH3 is 1. The van der Waals surface area contributed by atoms with Gasteiger partial charge in [0.05, 0.1) is 18.7 Å². The predicted molar refractivity (Wildman–Crippen MR) is 136 cm³/mol. The van der Waals surface area contributed by atoms with Gasteiger partial charge in [0.25, 0.3) is 5.91 Å². The molecule has 0 aromatic heterocycles. The minimum atomic E-state index is -0.446. The van der Waals surface area contributed by atoms with Crippen LogP contribution >= 0.6 is 0 Å². The van der Waals surface area contributed by atoms with E-state index in [1.54, 1.807) is 31.4 Å². The van der Waals surface area contributed by atoms with Crippen LogP contribution in [0.4, 0.5) is 0 Å². The van der Waals surface area contributed by atoms with Crippen LogP contribution in [0.5, 0.6) is 5.75 Å². The van der Waals surface area contributed by atoms with Gasteiger partial charge in [0.2, 0.25) is 0 Å². The van der Waals surface area contributed by atoms with E-state index >= 15 is 0 Å². The van der Waals surface area contributed by atoms with Crippen molar-refractivity contribution in [3.8, 4) is 5.75 Å². The highest BCUT2D eigenvalue weighted by molar-refractivity contribution is 5.95. The molecule has 1 atom stereocenters. The fraction of sp³-hybridized carbons (Fsp3) is 0.429. The summed E-state index contributed by atoms with van der Waals surface area (Å²) in [7, 11) is 3.67. The molecule has 1 unspecified atom stereocenters. The zero-order chi connectivity index (χ0) is 24.9. The monoisotopic (exact) mass is 463 g/mol. The summed E-state index contributed by atoms with van der Waals surface area (Å²) in [5, 5.41) is 3.52. The molecule has 0 spiro atoms. The number of benzene rings is 2. The molecule has 6 nitrogen and oxygen atoms in total. The van der Waals surface area contributed by atoms with Crippen molar-refractivity contribution in [2.45, 2.75) is 45.8 Å². The molecular weight excluding hydrogens is 426 g/mol. The lowest BCUT2D eigenvalue weighted by Crippen LogP contribution is -2.48. The number of nitrogens with one attached hydrogen (secondary N) is 1. The highest BCUT2D eigenvalue weighted by Gasteiger charge is 2.39. The predicted octanol–water partition coefficient (Wildman–Crippen LogP) is 4.13. The van der Waals surface area contributed by atoms with Crippen molar-refractivity contribution in [1.82, 2.24) is 15.1 Å². The maximum Gasteiger partial charge on any atom is 0.254 e. The first-order valence-electron chi connectivity index (χ1n) is 11.8. The van der Waals surface area contributed by atoms with Crippen LogP contribution in [0.3, 0.4) is 0 Å². The maximum absolute atomic E-state index is 13.6. The first kappa shape index (κ1) is 25.5. The van der Waals surface area contributed by atoms with Crippen LogP contribution < -0.4 is 10.1 Å². The van der Waals surface area contributed by atoms with Crippen molar-refractivity contribution in [3.05, 3.63) is 77.0 Å². The maximum atomic E-state index is 13.6. The molecule has 1 aliphatic heterocycles. The van der Waals surface area contributed by atoms with Crippen molar-refractivity contribution < 1.29 is 14.3 Å². The Morgan fingerprint density at radius 2 is 1.82 bits per heavy atom. The molecule has 182 valence electrons. The van der Waals surface area contributed by atoms with Crippen molar-refractivity contribution >= 4 is 12.2 Å². The van der Waals surface area contributed by atoms with Crippen LogP contribution in [0, 0.1) is 5.92 Å². The quantitative estimate of drug-likeness (QED) is 0.597. The highest BCUT2D eigenvalue weighted by atomic mass is 16.5. The molecule has 6 heteroatoms. The van der Waals surface area contributed by atoms with E-state index in [1.807, 2.05) is 23.1 Å². The second kappa shape index (κ2) is 10.9. The van der Waals surface area contributed by atoms with Crippen molar-refractivity contribution in [2.24, 2.45) is 5.92 Å². The number of hydrogen-bond acceptors (Lipinski definition) is 5. The zero-order valence-electron chi connectivity index (χ0n) is 21.2. The summed E-state index contributed by atoms with van der Waals surface area (Å²) in [4.78, 5) is 30.2. The van der Waals surface area contributed by atoms with Gasteiger partial charge in [0.1, 0.15) is 12.0 Å². The molecule has 1 amide bonds. The topological polar surface area (TPSA) is 61.9 Å². The lowest BCUT2D eigenvalue weighted by atomic mass is 9.86. The summed E-state index contributed by atoms with van der Waals surface area (Å²) in [5.41, 5.74) is 2.86. The molecule has 2 aromatic rings. The van der Waals surface area contributed by atoms with E-state index < -0.39 is 5.54 Å². The number of nitrogens with zero attached hydrogens (tertiary/aromatic N) is 2. The van der Waals surface area contributed by atoms with Gasteiger partial charge in [0, 0.05) is 36.5 Å². The van der Waals surface area contributed by atoms with Gasteiger partial charge in [0.15, 0.2) is 0 Å². The molecular formula is C28H37N3O3. The SMILES string of the molecule is COc1ccc(C(=O)N2CCNC(C(C)(C)N(C)Cc3ccccc3)=C(C=O)C2C(C)C)cc1. The molecule has 0 aliphatic carbocycles. The Morgan fingerprint density at radius 1 is 1.18 bits per heavy atom. The van der Waals surface area contributed by atoms with E-state index in [2.05, 4.69) is 57.1 Å². The Kier molecular flexibility index (Phi) is 8.15. The third-order valence-electron chi connectivity index (χ3n) is 6.78. The molecule has 0 bridgehead atoms. The van der Waals surface area contributed by atoms with Crippen LogP contribution in [-0.2, 0) is 11.3 Å². The Morgan fingerprint density at radius 3 is 2.38 bits per heavy atom. The van der Waals surface area contributed by atoms with E-state index in [0.29, 0.717) is 30.0 Å². The zero-order valence-corrected chi connectivity index (χ0v) is 21.2. The van der Waals surface area contributed by atoms with Gasteiger partial charge in [-0.15, -0.1) is 0 Å². The summed E-state index contributed by atoms with van der Waals surface area (Å²) in [6.07, 6.45) is 0.935. The first-order valence-corrected chi connectivity index (χ1v) is 11.8.